The molecule has 9 heteroatoms. The highest BCUT2D eigenvalue weighted by atomic mass is 35.5. The van der Waals surface area contributed by atoms with Crippen molar-refractivity contribution in [1.82, 2.24) is 10.2 Å². The molecule has 0 radical (unpaired) electrons. The summed E-state index contributed by atoms with van der Waals surface area (Å²) in [5, 5.41) is 7.38. The smallest absolute Gasteiger partial charge is 0.390 e. The van der Waals surface area contributed by atoms with E-state index in [1.54, 1.807) is 13.0 Å². The molecule has 1 aliphatic heterocycles. The van der Waals surface area contributed by atoms with Gasteiger partial charge in [0.2, 0.25) is 0 Å². The Balaban J connectivity index is 1.68. The molecule has 3 rings (SSSR count). The van der Waals surface area contributed by atoms with Gasteiger partial charge in [-0.25, -0.2) is 4.79 Å². The molecular formula is C21H21ClF3N3O2. The fourth-order valence-corrected chi connectivity index (χ4v) is 3.37. The zero-order valence-corrected chi connectivity index (χ0v) is 17.0. The third kappa shape index (κ3) is 5.44. The summed E-state index contributed by atoms with van der Waals surface area (Å²) in [4.78, 5) is 19.5. The largest absolute Gasteiger partial charge is 0.416 e. The monoisotopic (exact) mass is 439 g/mol. The molecule has 0 aromatic heterocycles. The molecule has 0 saturated heterocycles. The molecule has 160 valence electrons. The predicted octanol–water partition coefficient (Wildman–Crippen LogP) is 5.08. The number of rotatable bonds is 6. The van der Waals surface area contributed by atoms with Crippen LogP contribution < -0.4 is 5.32 Å². The lowest BCUT2D eigenvalue weighted by molar-refractivity contribution is -0.137. The lowest BCUT2D eigenvalue weighted by Crippen LogP contribution is -2.43. The van der Waals surface area contributed by atoms with Crippen LogP contribution in [0.25, 0.3) is 0 Å². The van der Waals surface area contributed by atoms with Crippen molar-refractivity contribution in [2.75, 3.05) is 13.1 Å². The van der Waals surface area contributed by atoms with Gasteiger partial charge < -0.3 is 15.1 Å². The van der Waals surface area contributed by atoms with E-state index in [-0.39, 0.29) is 25.2 Å². The number of hydrogen-bond donors (Lipinski definition) is 1. The normalized spacial score (nSPS) is 16.0. The number of alkyl halides is 3. The number of amides is 2. The van der Waals surface area contributed by atoms with Crippen molar-refractivity contribution in [2.45, 2.75) is 32.2 Å². The molecule has 1 atom stereocenters. The van der Waals surface area contributed by atoms with E-state index in [9.17, 15) is 18.0 Å². The first-order chi connectivity index (χ1) is 14.3. The topological polar surface area (TPSA) is 53.9 Å². The number of nitrogens with zero attached hydrogens (tertiary/aromatic N) is 2. The van der Waals surface area contributed by atoms with E-state index < -0.39 is 11.7 Å². The van der Waals surface area contributed by atoms with Crippen molar-refractivity contribution < 1.29 is 22.8 Å². The van der Waals surface area contributed by atoms with Crippen LogP contribution in [0.2, 0.25) is 5.02 Å². The first kappa shape index (κ1) is 22.0. The highest BCUT2D eigenvalue weighted by Gasteiger charge is 2.31. The maximum Gasteiger partial charge on any atom is 0.416 e. The van der Waals surface area contributed by atoms with Gasteiger partial charge in [-0.05, 0) is 30.7 Å². The Bertz CT molecular complexity index is 916. The van der Waals surface area contributed by atoms with Crippen molar-refractivity contribution in [1.29, 1.82) is 0 Å². The minimum Gasteiger partial charge on any atom is -0.390 e. The maximum atomic E-state index is 12.8. The summed E-state index contributed by atoms with van der Waals surface area (Å²) in [5.74, 6) is 0. The van der Waals surface area contributed by atoms with E-state index in [1.165, 1.54) is 17.0 Å². The number of carbonyl (C=O) groups is 1. The fourth-order valence-electron chi connectivity index (χ4n) is 3.13. The average molecular weight is 440 g/mol. The Morgan fingerprint density at radius 3 is 2.57 bits per heavy atom. The van der Waals surface area contributed by atoms with Crippen molar-refractivity contribution in [2.24, 2.45) is 5.16 Å². The SMILES string of the molecule is CCNC(=O)N(Cc1ccc(C(F)(F)F)cc1)CC1CC(c2ccccc2Cl)=NO1. The Morgan fingerprint density at radius 1 is 1.23 bits per heavy atom. The van der Waals surface area contributed by atoms with Crippen LogP contribution in [0.4, 0.5) is 18.0 Å². The minimum absolute atomic E-state index is 0.144. The molecule has 30 heavy (non-hydrogen) atoms. The van der Waals surface area contributed by atoms with Crippen molar-refractivity contribution >= 4 is 23.3 Å². The van der Waals surface area contributed by atoms with E-state index in [1.807, 2.05) is 18.2 Å². The van der Waals surface area contributed by atoms with Gasteiger partial charge in [0.05, 0.1) is 17.8 Å². The van der Waals surface area contributed by atoms with Crippen LogP contribution in [-0.4, -0.2) is 35.8 Å². The van der Waals surface area contributed by atoms with E-state index in [2.05, 4.69) is 10.5 Å². The number of nitrogens with one attached hydrogen (secondary N) is 1. The Hall–Kier alpha value is -2.74. The second-order valence-electron chi connectivity index (χ2n) is 6.86. The zero-order valence-electron chi connectivity index (χ0n) is 16.2. The molecule has 0 spiro atoms. The second kappa shape index (κ2) is 9.38. The molecule has 0 aliphatic carbocycles. The summed E-state index contributed by atoms with van der Waals surface area (Å²) >= 11 is 6.21. The quantitative estimate of drug-likeness (QED) is 0.682. The van der Waals surface area contributed by atoms with Crippen molar-refractivity contribution in [3.8, 4) is 0 Å². The lowest BCUT2D eigenvalue weighted by atomic mass is 10.0. The molecule has 1 unspecified atom stereocenters. The molecule has 0 saturated carbocycles. The molecule has 1 heterocycles. The molecule has 5 nitrogen and oxygen atoms in total. The molecule has 2 amide bonds. The van der Waals surface area contributed by atoms with Gasteiger partial charge in [0.25, 0.3) is 0 Å². The highest BCUT2D eigenvalue weighted by molar-refractivity contribution is 6.34. The van der Waals surface area contributed by atoms with Crippen LogP contribution in [0, 0.1) is 0 Å². The molecule has 2 aromatic rings. The Kier molecular flexibility index (Phi) is 6.87. The third-order valence-corrected chi connectivity index (χ3v) is 4.94. The third-order valence-electron chi connectivity index (χ3n) is 4.61. The van der Waals surface area contributed by atoms with Gasteiger partial charge in [0.1, 0.15) is 0 Å². The number of hydrogen-bond acceptors (Lipinski definition) is 3. The van der Waals surface area contributed by atoms with Crippen molar-refractivity contribution in [3.63, 3.8) is 0 Å². The highest BCUT2D eigenvalue weighted by Crippen LogP contribution is 2.29. The van der Waals surface area contributed by atoms with E-state index in [4.69, 9.17) is 16.4 Å². The van der Waals surface area contributed by atoms with Gasteiger partial charge in [-0.1, -0.05) is 47.1 Å². The molecule has 0 bridgehead atoms. The minimum atomic E-state index is -4.40. The predicted molar refractivity (Wildman–Crippen MR) is 108 cm³/mol. The molecule has 0 fully saturated rings. The van der Waals surface area contributed by atoms with Crippen molar-refractivity contribution in [3.05, 3.63) is 70.2 Å². The van der Waals surface area contributed by atoms with Crippen LogP contribution in [-0.2, 0) is 17.6 Å². The Labute approximate surface area is 177 Å². The van der Waals surface area contributed by atoms with Crippen LogP contribution >= 0.6 is 11.6 Å². The lowest BCUT2D eigenvalue weighted by Gasteiger charge is -2.25. The molecule has 1 N–H and O–H groups in total. The van der Waals surface area contributed by atoms with Gasteiger partial charge in [-0.2, -0.15) is 13.2 Å². The first-order valence-electron chi connectivity index (χ1n) is 9.44. The number of oxime groups is 1. The summed E-state index contributed by atoms with van der Waals surface area (Å²) in [6.45, 7) is 2.59. The maximum absolute atomic E-state index is 12.8. The molecular weight excluding hydrogens is 419 g/mol. The van der Waals surface area contributed by atoms with Gasteiger partial charge >= 0.3 is 12.2 Å². The number of urea groups is 1. The fraction of sp³-hybridized carbons (Fsp3) is 0.333. The summed E-state index contributed by atoms with van der Waals surface area (Å²) in [7, 11) is 0. The summed E-state index contributed by atoms with van der Waals surface area (Å²) in [6.07, 6.45) is -4.32. The number of benzene rings is 2. The van der Waals surface area contributed by atoms with E-state index in [0.717, 1.165) is 17.7 Å². The number of halogens is 4. The van der Waals surface area contributed by atoms with Crippen LogP contribution in [0.5, 0.6) is 0 Å². The van der Waals surface area contributed by atoms with Crippen LogP contribution in [0.3, 0.4) is 0 Å². The van der Waals surface area contributed by atoms with Gasteiger partial charge in [0.15, 0.2) is 6.10 Å². The summed E-state index contributed by atoms with van der Waals surface area (Å²) < 4.78 is 38.3. The van der Waals surface area contributed by atoms with Crippen LogP contribution in [0.1, 0.15) is 30.0 Å². The standard InChI is InChI=1S/C21H21ClF3N3O2/c1-2-26-20(29)28(12-14-7-9-15(10-8-14)21(23,24)25)13-16-11-19(27-30-16)17-5-3-4-6-18(17)22/h3-10,16H,2,11-13H2,1H3,(H,26,29). The van der Waals surface area contributed by atoms with Crippen LogP contribution in [0.15, 0.2) is 53.7 Å². The average Bonchev–Trinajstić information content (AvgIpc) is 3.16. The van der Waals surface area contributed by atoms with Gasteiger partial charge in [-0.15, -0.1) is 0 Å². The summed E-state index contributed by atoms with van der Waals surface area (Å²) in [6, 6.07) is 11.7. The first-order valence-corrected chi connectivity index (χ1v) is 9.82. The summed E-state index contributed by atoms with van der Waals surface area (Å²) in [5.41, 5.74) is 1.32. The molecule has 2 aromatic carbocycles. The Morgan fingerprint density at radius 2 is 1.93 bits per heavy atom. The van der Waals surface area contributed by atoms with Gasteiger partial charge in [-0.3, -0.25) is 0 Å². The number of carbonyl (C=O) groups excluding carboxylic acids is 1. The second-order valence-corrected chi connectivity index (χ2v) is 7.27. The van der Waals surface area contributed by atoms with E-state index >= 15 is 0 Å². The zero-order chi connectivity index (χ0) is 21.7. The van der Waals surface area contributed by atoms with E-state index in [0.29, 0.717) is 29.3 Å². The molecule has 1 aliphatic rings. The van der Waals surface area contributed by atoms with Gasteiger partial charge in [0, 0.05) is 30.1 Å².